The van der Waals surface area contributed by atoms with Crippen molar-refractivity contribution in [2.45, 2.75) is 20.3 Å². The molecule has 2 N–H and O–H groups in total. The normalized spacial score (nSPS) is 9.28. The Hall–Kier alpha value is -1.59. The van der Waals surface area contributed by atoms with Crippen LogP contribution in [0.5, 0.6) is 11.5 Å². The first kappa shape index (κ1) is 16.4. The van der Waals surface area contributed by atoms with Crippen molar-refractivity contribution in [2.75, 3.05) is 6.54 Å². The molecule has 0 atom stereocenters. The number of hydrogen-bond acceptors (Lipinski definition) is 5. The smallest absolute Gasteiger partial charge is 0.308 e. The summed E-state index contributed by atoms with van der Waals surface area (Å²) in [6, 6.07) is 5.01. The average Bonchev–Trinajstić information content (AvgIpc) is 2.21. The Bertz CT molecular complexity index is 434. The topological polar surface area (TPSA) is 78.6 Å². The van der Waals surface area contributed by atoms with E-state index < -0.39 is 11.9 Å². The maximum Gasteiger partial charge on any atom is 0.308 e. The summed E-state index contributed by atoms with van der Waals surface area (Å²) in [5.41, 5.74) is 6.35. The number of hydrogen-bond donors (Lipinski definition) is 1. The first-order chi connectivity index (χ1) is 8.02. The third-order valence-electron chi connectivity index (χ3n) is 1.95. The third kappa shape index (κ3) is 5.16. The molecule has 1 aromatic rings. The van der Waals surface area contributed by atoms with E-state index in [0.717, 1.165) is 5.56 Å². The fourth-order valence-corrected chi connectivity index (χ4v) is 1.35. The van der Waals surface area contributed by atoms with Crippen LogP contribution in [0.25, 0.3) is 0 Å². The van der Waals surface area contributed by atoms with Crippen LogP contribution in [0.15, 0.2) is 18.2 Å². The van der Waals surface area contributed by atoms with E-state index in [1.165, 1.54) is 13.8 Å². The maximum absolute atomic E-state index is 10.9. The van der Waals surface area contributed by atoms with E-state index in [-0.39, 0.29) is 23.9 Å². The summed E-state index contributed by atoms with van der Waals surface area (Å²) < 4.78 is 9.91. The molecule has 0 aliphatic heterocycles. The molecule has 0 bridgehead atoms. The van der Waals surface area contributed by atoms with E-state index in [0.29, 0.717) is 13.0 Å². The van der Waals surface area contributed by atoms with Gasteiger partial charge < -0.3 is 15.2 Å². The lowest BCUT2D eigenvalue weighted by Crippen LogP contribution is -2.08. The van der Waals surface area contributed by atoms with E-state index in [4.69, 9.17) is 15.2 Å². The Morgan fingerprint density at radius 3 is 2.17 bits per heavy atom. The van der Waals surface area contributed by atoms with Gasteiger partial charge in [0.05, 0.1) is 0 Å². The molecule has 0 spiro atoms. The molecule has 0 fully saturated rings. The Morgan fingerprint density at radius 1 is 1.11 bits per heavy atom. The SMILES string of the molecule is CC(=O)Oc1ccc(CCN)cc1OC(C)=O.Cl. The van der Waals surface area contributed by atoms with E-state index in [1.807, 2.05) is 0 Å². The molecule has 0 aliphatic rings. The largest absolute Gasteiger partial charge is 0.423 e. The van der Waals surface area contributed by atoms with Crippen LogP contribution in [0.3, 0.4) is 0 Å². The Labute approximate surface area is 112 Å². The molecule has 0 aromatic heterocycles. The van der Waals surface area contributed by atoms with Gasteiger partial charge in [-0.1, -0.05) is 6.07 Å². The fraction of sp³-hybridized carbons (Fsp3) is 0.333. The van der Waals surface area contributed by atoms with Gasteiger partial charge in [-0.2, -0.15) is 0 Å². The predicted octanol–water partition coefficient (Wildman–Crippen LogP) is 1.46. The lowest BCUT2D eigenvalue weighted by atomic mass is 10.1. The lowest BCUT2D eigenvalue weighted by Gasteiger charge is -2.10. The molecule has 6 heteroatoms. The van der Waals surface area contributed by atoms with Gasteiger partial charge in [-0.15, -0.1) is 12.4 Å². The van der Waals surface area contributed by atoms with Crippen molar-refractivity contribution in [3.63, 3.8) is 0 Å². The van der Waals surface area contributed by atoms with Crippen molar-refractivity contribution in [3.05, 3.63) is 23.8 Å². The van der Waals surface area contributed by atoms with Crippen molar-refractivity contribution in [2.24, 2.45) is 5.73 Å². The molecule has 0 radical (unpaired) electrons. The highest BCUT2D eigenvalue weighted by atomic mass is 35.5. The van der Waals surface area contributed by atoms with Crippen LogP contribution in [0, 0.1) is 0 Å². The van der Waals surface area contributed by atoms with Crippen LogP contribution < -0.4 is 15.2 Å². The third-order valence-corrected chi connectivity index (χ3v) is 1.95. The highest BCUT2D eigenvalue weighted by molar-refractivity contribution is 5.85. The zero-order valence-electron chi connectivity index (χ0n) is 10.3. The van der Waals surface area contributed by atoms with Crippen LogP contribution in [0.4, 0.5) is 0 Å². The zero-order chi connectivity index (χ0) is 12.8. The monoisotopic (exact) mass is 273 g/mol. The molecule has 1 rings (SSSR count). The first-order valence-electron chi connectivity index (χ1n) is 5.22. The van der Waals surface area contributed by atoms with Crippen LogP contribution in [0.2, 0.25) is 0 Å². The van der Waals surface area contributed by atoms with E-state index in [1.54, 1.807) is 18.2 Å². The van der Waals surface area contributed by atoms with E-state index in [2.05, 4.69) is 0 Å². The molecule has 100 valence electrons. The Kier molecular flexibility index (Phi) is 7.00. The number of halogens is 1. The molecule has 0 aliphatic carbocycles. The molecular weight excluding hydrogens is 258 g/mol. The second kappa shape index (κ2) is 7.68. The van der Waals surface area contributed by atoms with Gasteiger partial charge in [-0.05, 0) is 30.7 Å². The first-order valence-corrected chi connectivity index (χ1v) is 5.22. The van der Waals surface area contributed by atoms with Gasteiger partial charge in [-0.3, -0.25) is 9.59 Å². The Balaban J connectivity index is 0.00000289. The van der Waals surface area contributed by atoms with Gasteiger partial charge in [0.15, 0.2) is 11.5 Å². The quantitative estimate of drug-likeness (QED) is 0.664. The van der Waals surface area contributed by atoms with Crippen LogP contribution >= 0.6 is 12.4 Å². The van der Waals surface area contributed by atoms with Crippen molar-refractivity contribution >= 4 is 24.3 Å². The fourth-order valence-electron chi connectivity index (χ4n) is 1.35. The number of rotatable bonds is 4. The van der Waals surface area contributed by atoms with E-state index >= 15 is 0 Å². The Morgan fingerprint density at radius 2 is 1.67 bits per heavy atom. The molecule has 0 unspecified atom stereocenters. The van der Waals surface area contributed by atoms with Gasteiger partial charge in [-0.25, -0.2) is 0 Å². The second-order valence-corrected chi connectivity index (χ2v) is 3.51. The summed E-state index contributed by atoms with van der Waals surface area (Å²) in [7, 11) is 0. The number of ether oxygens (including phenoxy) is 2. The number of carbonyl (C=O) groups is 2. The summed E-state index contributed by atoms with van der Waals surface area (Å²) in [4.78, 5) is 21.8. The van der Waals surface area contributed by atoms with Crippen molar-refractivity contribution in [3.8, 4) is 11.5 Å². The number of nitrogens with two attached hydrogens (primary N) is 1. The van der Waals surface area contributed by atoms with Gasteiger partial charge in [0, 0.05) is 13.8 Å². The van der Waals surface area contributed by atoms with Crippen LogP contribution in [-0.2, 0) is 16.0 Å². The van der Waals surface area contributed by atoms with Gasteiger partial charge >= 0.3 is 11.9 Å². The zero-order valence-corrected chi connectivity index (χ0v) is 11.1. The molecule has 18 heavy (non-hydrogen) atoms. The minimum absolute atomic E-state index is 0. The van der Waals surface area contributed by atoms with Crippen molar-refractivity contribution in [1.82, 2.24) is 0 Å². The molecule has 0 heterocycles. The molecule has 0 saturated carbocycles. The molecular formula is C12H16ClNO4. The number of benzene rings is 1. The minimum atomic E-state index is -0.469. The molecule has 5 nitrogen and oxygen atoms in total. The average molecular weight is 274 g/mol. The molecule has 1 aromatic carbocycles. The summed E-state index contributed by atoms with van der Waals surface area (Å²) >= 11 is 0. The molecule has 0 amide bonds. The highest BCUT2D eigenvalue weighted by Crippen LogP contribution is 2.28. The summed E-state index contributed by atoms with van der Waals surface area (Å²) in [5.74, 6) is -0.472. The number of esters is 2. The highest BCUT2D eigenvalue weighted by Gasteiger charge is 2.10. The van der Waals surface area contributed by atoms with Gasteiger partial charge in [0.1, 0.15) is 0 Å². The summed E-state index contributed by atoms with van der Waals surface area (Å²) in [5, 5.41) is 0. The van der Waals surface area contributed by atoms with Gasteiger partial charge in [0.2, 0.25) is 0 Å². The lowest BCUT2D eigenvalue weighted by molar-refractivity contribution is -0.134. The van der Waals surface area contributed by atoms with Crippen molar-refractivity contribution < 1.29 is 19.1 Å². The van der Waals surface area contributed by atoms with Gasteiger partial charge in [0.25, 0.3) is 0 Å². The predicted molar refractivity (Wildman–Crippen MR) is 69.1 cm³/mol. The minimum Gasteiger partial charge on any atom is -0.423 e. The maximum atomic E-state index is 10.9. The summed E-state index contributed by atoms with van der Waals surface area (Å²) in [6.45, 7) is 3.06. The standard InChI is InChI=1S/C12H15NO4.ClH/c1-8(14)16-11-4-3-10(5-6-13)7-12(11)17-9(2)15;/h3-4,7H,5-6,13H2,1-2H3;1H. The summed E-state index contributed by atoms with van der Waals surface area (Å²) in [6.07, 6.45) is 0.661. The molecule has 0 saturated heterocycles. The number of carbonyl (C=O) groups excluding carboxylic acids is 2. The second-order valence-electron chi connectivity index (χ2n) is 3.51. The van der Waals surface area contributed by atoms with Crippen LogP contribution in [-0.4, -0.2) is 18.5 Å². The van der Waals surface area contributed by atoms with Crippen molar-refractivity contribution in [1.29, 1.82) is 0 Å². The van der Waals surface area contributed by atoms with Crippen LogP contribution in [0.1, 0.15) is 19.4 Å². The van der Waals surface area contributed by atoms with E-state index in [9.17, 15) is 9.59 Å².